The smallest absolute Gasteiger partial charge is 0.129 e. The predicted octanol–water partition coefficient (Wildman–Crippen LogP) is 4.26. The zero-order chi connectivity index (χ0) is 14.1. The number of hydrogen-bond acceptors (Lipinski definition) is 2. The van der Waals surface area contributed by atoms with Crippen molar-refractivity contribution in [3.8, 4) is 0 Å². The number of rotatable bonds is 3. The average molecular weight is 330 g/mol. The van der Waals surface area contributed by atoms with Gasteiger partial charge in [0.05, 0.1) is 12.2 Å². The first-order chi connectivity index (χ1) is 9.68. The molecule has 20 heavy (non-hydrogen) atoms. The summed E-state index contributed by atoms with van der Waals surface area (Å²) in [6.07, 6.45) is 1.78. The summed E-state index contributed by atoms with van der Waals surface area (Å²) in [5, 5.41) is 4.76. The van der Waals surface area contributed by atoms with Crippen molar-refractivity contribution in [2.45, 2.75) is 13.5 Å². The second-order valence-corrected chi connectivity index (χ2v) is 5.59. The number of nitrogens with zero attached hydrogens (tertiary/aromatic N) is 2. The summed E-state index contributed by atoms with van der Waals surface area (Å²) in [6.45, 7) is 2.96. The quantitative estimate of drug-likeness (QED) is 0.728. The molecule has 3 aromatic rings. The number of benzene rings is 1. The zero-order valence-corrected chi connectivity index (χ0v) is 13.1. The van der Waals surface area contributed by atoms with Crippen LogP contribution in [0.2, 0.25) is 0 Å². The molecule has 4 heteroatoms. The Morgan fingerprint density at radius 3 is 2.75 bits per heavy atom. The zero-order valence-electron chi connectivity index (χ0n) is 11.5. The maximum Gasteiger partial charge on any atom is 0.129 e. The maximum absolute atomic E-state index is 4.23. The van der Waals surface area contributed by atoms with Gasteiger partial charge in [-0.2, -0.15) is 0 Å². The van der Waals surface area contributed by atoms with Crippen LogP contribution in [0.25, 0.3) is 10.9 Å². The minimum atomic E-state index is 0.779. The van der Waals surface area contributed by atoms with Gasteiger partial charge in [0.15, 0.2) is 0 Å². The van der Waals surface area contributed by atoms with Gasteiger partial charge in [-0.05, 0) is 46.6 Å². The first kappa shape index (κ1) is 13.2. The highest BCUT2D eigenvalue weighted by molar-refractivity contribution is 9.10. The number of hydrogen-bond donors (Lipinski definition) is 1. The van der Waals surface area contributed by atoms with Gasteiger partial charge in [0.1, 0.15) is 4.60 Å². The van der Waals surface area contributed by atoms with E-state index in [9.17, 15) is 0 Å². The van der Waals surface area contributed by atoms with Crippen LogP contribution in [-0.2, 0) is 13.6 Å². The van der Waals surface area contributed by atoms with Gasteiger partial charge in [-0.25, -0.2) is 4.98 Å². The molecule has 0 bridgehead atoms. The van der Waals surface area contributed by atoms with E-state index >= 15 is 0 Å². The van der Waals surface area contributed by atoms with Crippen molar-refractivity contribution in [3.63, 3.8) is 0 Å². The first-order valence-electron chi connectivity index (χ1n) is 6.56. The SMILES string of the molecule is Cc1c(CNc2cccnc2Br)n(C)c2ccccc12. The molecular formula is C16H16BrN3. The third-order valence-corrected chi connectivity index (χ3v) is 4.34. The summed E-state index contributed by atoms with van der Waals surface area (Å²) in [6, 6.07) is 12.5. The molecule has 0 radical (unpaired) electrons. The number of fused-ring (bicyclic) bond motifs is 1. The number of nitrogens with one attached hydrogen (secondary N) is 1. The fourth-order valence-electron chi connectivity index (χ4n) is 2.58. The van der Waals surface area contributed by atoms with Crippen LogP contribution < -0.4 is 5.32 Å². The van der Waals surface area contributed by atoms with Crippen LogP contribution in [-0.4, -0.2) is 9.55 Å². The van der Waals surface area contributed by atoms with Crippen LogP contribution in [0, 0.1) is 6.92 Å². The summed E-state index contributed by atoms with van der Waals surface area (Å²) in [4.78, 5) is 4.23. The fourth-order valence-corrected chi connectivity index (χ4v) is 2.97. The largest absolute Gasteiger partial charge is 0.377 e. The van der Waals surface area contributed by atoms with Crippen molar-refractivity contribution in [2.24, 2.45) is 7.05 Å². The van der Waals surface area contributed by atoms with Crippen LogP contribution >= 0.6 is 15.9 Å². The predicted molar refractivity (Wildman–Crippen MR) is 86.9 cm³/mol. The molecule has 102 valence electrons. The van der Waals surface area contributed by atoms with Crippen LogP contribution in [0.5, 0.6) is 0 Å². The molecule has 0 atom stereocenters. The van der Waals surface area contributed by atoms with Gasteiger partial charge in [0.25, 0.3) is 0 Å². The minimum absolute atomic E-state index is 0.779. The normalized spacial score (nSPS) is 10.9. The molecule has 2 heterocycles. The van der Waals surface area contributed by atoms with E-state index in [0.717, 1.165) is 16.8 Å². The number of para-hydroxylation sites is 1. The Morgan fingerprint density at radius 2 is 2.00 bits per heavy atom. The molecule has 0 unspecified atom stereocenters. The number of pyridine rings is 1. The van der Waals surface area contributed by atoms with Crippen LogP contribution in [0.3, 0.4) is 0 Å². The summed E-state index contributed by atoms with van der Waals surface area (Å²) >= 11 is 3.46. The van der Waals surface area contributed by atoms with E-state index in [-0.39, 0.29) is 0 Å². The lowest BCUT2D eigenvalue weighted by atomic mass is 10.1. The number of halogens is 1. The highest BCUT2D eigenvalue weighted by atomic mass is 79.9. The number of anilines is 1. The number of aryl methyl sites for hydroxylation is 2. The van der Waals surface area contributed by atoms with E-state index < -0.39 is 0 Å². The van der Waals surface area contributed by atoms with Gasteiger partial charge < -0.3 is 9.88 Å². The van der Waals surface area contributed by atoms with Gasteiger partial charge in [-0.1, -0.05) is 18.2 Å². The Morgan fingerprint density at radius 1 is 1.20 bits per heavy atom. The van der Waals surface area contributed by atoms with E-state index in [1.807, 2.05) is 12.1 Å². The van der Waals surface area contributed by atoms with Crippen LogP contribution in [0.15, 0.2) is 47.2 Å². The second-order valence-electron chi connectivity index (χ2n) is 4.84. The first-order valence-corrected chi connectivity index (χ1v) is 7.35. The number of aromatic nitrogens is 2. The molecule has 0 aliphatic carbocycles. The lowest BCUT2D eigenvalue weighted by Crippen LogP contribution is -2.06. The van der Waals surface area contributed by atoms with Crippen molar-refractivity contribution in [1.29, 1.82) is 0 Å². The Balaban J connectivity index is 1.94. The van der Waals surface area contributed by atoms with Crippen molar-refractivity contribution < 1.29 is 0 Å². The third kappa shape index (κ3) is 2.20. The lowest BCUT2D eigenvalue weighted by molar-refractivity contribution is 0.861. The molecule has 3 rings (SSSR count). The van der Waals surface area contributed by atoms with E-state index in [0.29, 0.717) is 0 Å². The van der Waals surface area contributed by atoms with E-state index in [2.05, 4.69) is 69.0 Å². The average Bonchev–Trinajstić information content (AvgIpc) is 2.71. The van der Waals surface area contributed by atoms with E-state index in [1.165, 1.54) is 22.2 Å². The lowest BCUT2D eigenvalue weighted by Gasteiger charge is -2.10. The van der Waals surface area contributed by atoms with Gasteiger partial charge in [0.2, 0.25) is 0 Å². The van der Waals surface area contributed by atoms with Gasteiger partial charge in [-0.3, -0.25) is 0 Å². The van der Waals surface area contributed by atoms with Gasteiger partial charge in [-0.15, -0.1) is 0 Å². The Kier molecular flexibility index (Phi) is 3.49. The Bertz CT molecular complexity index is 723. The summed E-state index contributed by atoms with van der Waals surface area (Å²) in [5.74, 6) is 0. The Labute approximate surface area is 126 Å². The maximum atomic E-state index is 4.23. The third-order valence-electron chi connectivity index (χ3n) is 3.71. The minimum Gasteiger partial charge on any atom is -0.377 e. The van der Waals surface area contributed by atoms with Crippen molar-refractivity contribution in [3.05, 3.63) is 58.5 Å². The van der Waals surface area contributed by atoms with Crippen molar-refractivity contribution in [2.75, 3.05) is 5.32 Å². The molecule has 1 aromatic carbocycles. The summed E-state index contributed by atoms with van der Waals surface area (Å²) in [7, 11) is 2.12. The van der Waals surface area contributed by atoms with Crippen LogP contribution in [0.4, 0.5) is 5.69 Å². The van der Waals surface area contributed by atoms with Gasteiger partial charge in [0, 0.05) is 29.8 Å². The fraction of sp³-hybridized carbons (Fsp3) is 0.188. The molecule has 1 N–H and O–H groups in total. The molecular weight excluding hydrogens is 314 g/mol. The molecule has 0 saturated heterocycles. The van der Waals surface area contributed by atoms with E-state index in [4.69, 9.17) is 0 Å². The molecule has 0 aliphatic rings. The molecule has 3 nitrogen and oxygen atoms in total. The van der Waals surface area contributed by atoms with Crippen molar-refractivity contribution in [1.82, 2.24) is 9.55 Å². The monoisotopic (exact) mass is 329 g/mol. The molecule has 0 aliphatic heterocycles. The highest BCUT2D eigenvalue weighted by Crippen LogP contribution is 2.26. The summed E-state index contributed by atoms with van der Waals surface area (Å²) < 4.78 is 3.10. The molecule has 0 spiro atoms. The molecule has 2 aromatic heterocycles. The van der Waals surface area contributed by atoms with Gasteiger partial charge >= 0.3 is 0 Å². The van der Waals surface area contributed by atoms with Crippen LogP contribution in [0.1, 0.15) is 11.3 Å². The van der Waals surface area contributed by atoms with Crippen molar-refractivity contribution >= 4 is 32.5 Å². The summed E-state index contributed by atoms with van der Waals surface area (Å²) in [5.41, 5.74) is 4.90. The Hall–Kier alpha value is -1.81. The topological polar surface area (TPSA) is 29.9 Å². The highest BCUT2D eigenvalue weighted by Gasteiger charge is 2.11. The second kappa shape index (κ2) is 5.29. The molecule has 0 saturated carbocycles. The van der Waals surface area contributed by atoms with E-state index in [1.54, 1.807) is 6.20 Å². The molecule has 0 fully saturated rings. The standard InChI is InChI=1S/C16H16BrN3/c1-11-12-6-3-4-8-14(12)20(2)15(11)10-19-13-7-5-9-18-16(13)17/h3-9,19H,10H2,1-2H3. The molecule has 0 amide bonds.